The minimum Gasteiger partial charge on any atom is -0.349 e. The third kappa shape index (κ3) is 3.89. The lowest BCUT2D eigenvalue weighted by molar-refractivity contribution is -0.121. The normalized spacial score (nSPS) is 12.1. The zero-order valence-corrected chi connectivity index (χ0v) is 11.5. The number of thiophene rings is 1. The van der Waals surface area contributed by atoms with E-state index in [-0.39, 0.29) is 17.8 Å². The molecule has 4 heteroatoms. The van der Waals surface area contributed by atoms with E-state index >= 15 is 0 Å². The molecule has 1 unspecified atom stereocenters. The van der Waals surface area contributed by atoms with Gasteiger partial charge < -0.3 is 5.32 Å². The first-order valence-corrected chi connectivity index (χ1v) is 7.11. The van der Waals surface area contributed by atoms with Crippen LogP contribution >= 0.6 is 11.3 Å². The summed E-state index contributed by atoms with van der Waals surface area (Å²) in [5.74, 6) is -0.300. The van der Waals surface area contributed by atoms with Crippen molar-refractivity contribution in [2.45, 2.75) is 25.8 Å². The van der Waals surface area contributed by atoms with Crippen LogP contribution in [0.5, 0.6) is 0 Å². The number of hydrogen-bond donors (Lipinski definition) is 1. The maximum atomic E-state index is 13.4. The molecular weight excluding hydrogens is 261 g/mol. The lowest BCUT2D eigenvalue weighted by Gasteiger charge is -2.12. The smallest absolute Gasteiger partial charge is 0.220 e. The number of carbonyl (C=O) groups is 1. The predicted molar refractivity (Wildman–Crippen MR) is 75.6 cm³/mol. The number of aryl methyl sites for hydroxylation is 1. The molecule has 0 fully saturated rings. The molecule has 1 aromatic carbocycles. The van der Waals surface area contributed by atoms with Gasteiger partial charge in [0.25, 0.3) is 0 Å². The highest BCUT2D eigenvalue weighted by Gasteiger charge is 2.11. The highest BCUT2D eigenvalue weighted by Crippen LogP contribution is 2.18. The number of amides is 1. The van der Waals surface area contributed by atoms with Crippen LogP contribution in [0.3, 0.4) is 0 Å². The number of halogens is 1. The average molecular weight is 277 g/mol. The van der Waals surface area contributed by atoms with E-state index in [0.29, 0.717) is 18.4 Å². The van der Waals surface area contributed by atoms with Crippen LogP contribution < -0.4 is 5.32 Å². The van der Waals surface area contributed by atoms with Crippen LogP contribution in [-0.4, -0.2) is 5.91 Å². The van der Waals surface area contributed by atoms with Crippen molar-refractivity contribution in [2.75, 3.05) is 0 Å². The lowest BCUT2D eigenvalue weighted by atomic mass is 10.1. The Labute approximate surface area is 116 Å². The molecule has 0 aliphatic carbocycles. The summed E-state index contributed by atoms with van der Waals surface area (Å²) in [4.78, 5) is 12.9. The first kappa shape index (κ1) is 13.7. The van der Waals surface area contributed by atoms with Gasteiger partial charge in [-0.05, 0) is 36.4 Å². The van der Waals surface area contributed by atoms with E-state index in [1.165, 1.54) is 6.07 Å². The lowest BCUT2D eigenvalue weighted by Crippen LogP contribution is -2.26. The molecule has 0 saturated heterocycles. The van der Waals surface area contributed by atoms with E-state index in [9.17, 15) is 9.18 Å². The van der Waals surface area contributed by atoms with Crippen LogP contribution in [0.15, 0.2) is 41.8 Å². The Morgan fingerprint density at radius 2 is 2.11 bits per heavy atom. The van der Waals surface area contributed by atoms with E-state index in [2.05, 4.69) is 5.32 Å². The summed E-state index contributed by atoms with van der Waals surface area (Å²) in [6.45, 7) is 1.95. The summed E-state index contributed by atoms with van der Waals surface area (Å²) < 4.78 is 13.4. The Kier molecular flexibility index (Phi) is 4.68. The van der Waals surface area contributed by atoms with Crippen LogP contribution in [0.1, 0.15) is 29.8 Å². The van der Waals surface area contributed by atoms with Crippen molar-refractivity contribution in [1.29, 1.82) is 0 Å². The van der Waals surface area contributed by atoms with Crippen LogP contribution in [0.2, 0.25) is 0 Å². The second kappa shape index (κ2) is 6.48. The highest BCUT2D eigenvalue weighted by molar-refractivity contribution is 7.10. The van der Waals surface area contributed by atoms with Crippen molar-refractivity contribution < 1.29 is 9.18 Å². The molecule has 1 heterocycles. The zero-order valence-electron chi connectivity index (χ0n) is 10.7. The van der Waals surface area contributed by atoms with Gasteiger partial charge in [-0.1, -0.05) is 24.3 Å². The molecule has 0 spiro atoms. The van der Waals surface area contributed by atoms with E-state index in [4.69, 9.17) is 0 Å². The Hall–Kier alpha value is -1.68. The maximum Gasteiger partial charge on any atom is 0.220 e. The van der Waals surface area contributed by atoms with Gasteiger partial charge in [0.1, 0.15) is 5.82 Å². The molecule has 19 heavy (non-hydrogen) atoms. The molecular formula is C15H16FNOS. The molecule has 1 atom stereocenters. The largest absolute Gasteiger partial charge is 0.349 e. The molecule has 0 aliphatic heterocycles. The van der Waals surface area contributed by atoms with Crippen molar-refractivity contribution in [2.24, 2.45) is 0 Å². The van der Waals surface area contributed by atoms with Gasteiger partial charge in [0.05, 0.1) is 6.04 Å². The molecule has 1 aromatic heterocycles. The van der Waals surface area contributed by atoms with Gasteiger partial charge >= 0.3 is 0 Å². The third-order valence-corrected chi connectivity index (χ3v) is 3.98. The molecule has 1 N–H and O–H groups in total. The van der Waals surface area contributed by atoms with E-state index < -0.39 is 0 Å². The summed E-state index contributed by atoms with van der Waals surface area (Å²) >= 11 is 1.62. The van der Waals surface area contributed by atoms with Gasteiger partial charge in [-0.2, -0.15) is 0 Å². The summed E-state index contributed by atoms with van der Waals surface area (Å²) in [7, 11) is 0. The van der Waals surface area contributed by atoms with Crippen molar-refractivity contribution in [3.05, 3.63) is 58.0 Å². The molecule has 100 valence electrons. The van der Waals surface area contributed by atoms with Crippen molar-refractivity contribution >= 4 is 17.2 Å². The molecule has 2 rings (SSSR count). The van der Waals surface area contributed by atoms with Crippen LogP contribution in [0, 0.1) is 5.82 Å². The number of rotatable bonds is 5. The minimum atomic E-state index is -0.249. The molecule has 0 bridgehead atoms. The number of nitrogens with one attached hydrogen (secondary N) is 1. The fraction of sp³-hybridized carbons (Fsp3) is 0.267. The average Bonchev–Trinajstić information content (AvgIpc) is 2.91. The highest BCUT2D eigenvalue weighted by atomic mass is 32.1. The summed E-state index contributed by atoms with van der Waals surface area (Å²) in [5, 5.41) is 4.90. The van der Waals surface area contributed by atoms with Crippen LogP contribution in [0.25, 0.3) is 0 Å². The third-order valence-electron chi connectivity index (χ3n) is 2.93. The molecule has 0 saturated carbocycles. The van der Waals surface area contributed by atoms with Crippen LogP contribution in [0.4, 0.5) is 4.39 Å². The van der Waals surface area contributed by atoms with Crippen molar-refractivity contribution in [3.63, 3.8) is 0 Å². The van der Waals surface area contributed by atoms with Crippen LogP contribution in [-0.2, 0) is 11.2 Å². The standard InChI is InChI=1S/C15H16FNOS/c1-11(14-7-4-10-19-14)17-15(18)9-8-12-5-2-3-6-13(12)16/h2-7,10-11H,8-9H2,1H3,(H,17,18). The SMILES string of the molecule is CC(NC(=O)CCc1ccccc1F)c1cccs1. The molecule has 0 radical (unpaired) electrons. The Bertz CT molecular complexity index is 539. The zero-order chi connectivity index (χ0) is 13.7. The number of benzene rings is 1. The van der Waals surface area contributed by atoms with Crippen molar-refractivity contribution in [3.8, 4) is 0 Å². The predicted octanol–water partition coefficient (Wildman–Crippen LogP) is 3.70. The first-order chi connectivity index (χ1) is 9.16. The summed E-state index contributed by atoms with van der Waals surface area (Å²) in [6, 6.07) is 10.5. The Morgan fingerprint density at radius 3 is 2.79 bits per heavy atom. The number of hydrogen-bond acceptors (Lipinski definition) is 2. The first-order valence-electron chi connectivity index (χ1n) is 6.23. The quantitative estimate of drug-likeness (QED) is 0.887. The van der Waals surface area contributed by atoms with Gasteiger partial charge in [-0.3, -0.25) is 4.79 Å². The van der Waals surface area contributed by atoms with Gasteiger partial charge in [-0.15, -0.1) is 11.3 Å². The second-order valence-electron chi connectivity index (χ2n) is 4.40. The Morgan fingerprint density at radius 1 is 1.32 bits per heavy atom. The van der Waals surface area contributed by atoms with Gasteiger partial charge in [0.2, 0.25) is 5.91 Å². The minimum absolute atomic E-state index is 0.00752. The van der Waals surface area contributed by atoms with E-state index in [1.807, 2.05) is 24.4 Å². The van der Waals surface area contributed by atoms with E-state index in [0.717, 1.165) is 4.88 Å². The van der Waals surface area contributed by atoms with Gasteiger partial charge in [-0.25, -0.2) is 4.39 Å². The molecule has 2 aromatic rings. The summed E-state index contributed by atoms with van der Waals surface area (Å²) in [5.41, 5.74) is 0.585. The Balaban J connectivity index is 1.84. The summed E-state index contributed by atoms with van der Waals surface area (Å²) in [6.07, 6.45) is 0.728. The second-order valence-corrected chi connectivity index (χ2v) is 5.38. The molecule has 2 nitrogen and oxygen atoms in total. The molecule has 1 amide bonds. The van der Waals surface area contributed by atoms with Gasteiger partial charge in [0, 0.05) is 11.3 Å². The molecule has 0 aliphatic rings. The van der Waals surface area contributed by atoms with Gasteiger partial charge in [0.15, 0.2) is 0 Å². The number of carbonyl (C=O) groups excluding carboxylic acids is 1. The van der Waals surface area contributed by atoms with E-state index in [1.54, 1.807) is 29.5 Å². The monoisotopic (exact) mass is 277 g/mol. The fourth-order valence-corrected chi connectivity index (χ4v) is 2.61. The van der Waals surface area contributed by atoms with Crippen molar-refractivity contribution in [1.82, 2.24) is 5.32 Å². The topological polar surface area (TPSA) is 29.1 Å². The maximum absolute atomic E-state index is 13.4. The fourth-order valence-electron chi connectivity index (χ4n) is 1.87.